The van der Waals surface area contributed by atoms with Crippen LogP contribution in [-0.2, 0) is 18.4 Å². The number of pyridine rings is 2. The van der Waals surface area contributed by atoms with Crippen LogP contribution in [0.25, 0.3) is 10.9 Å². The highest BCUT2D eigenvalue weighted by atomic mass is 19.1. The quantitative estimate of drug-likeness (QED) is 0.251. The van der Waals surface area contributed by atoms with E-state index in [9.17, 15) is 10.4 Å². The maximum absolute atomic E-state index is 16.2. The Hall–Kier alpha value is -4.06. The topological polar surface area (TPSA) is 91.5 Å². The van der Waals surface area contributed by atoms with Crippen molar-refractivity contribution in [2.24, 2.45) is 0 Å². The van der Waals surface area contributed by atoms with Crippen LogP contribution in [0.15, 0.2) is 54.6 Å². The highest BCUT2D eigenvalue weighted by Crippen LogP contribution is 2.49. The Morgan fingerprint density at radius 1 is 0.976 bits per heavy atom. The van der Waals surface area contributed by atoms with Crippen molar-refractivity contribution in [3.05, 3.63) is 94.1 Å². The van der Waals surface area contributed by atoms with E-state index in [1.165, 1.54) is 14.2 Å². The molecule has 0 saturated carbocycles. The first kappa shape index (κ1) is 29.9. The standard InChI is InChI=1S/C33H37FN4O3/c1-7-24-18-23(19-25(8-2)36-24)33(39,14-15-38(3)4)30(26-10-9-11-29(40-5)31(26)34)27-17-22-16-21(20-35)12-13-28(22)37-32(27)41-6/h9-13,16-19,30,39H,7-8,14-15H2,1-6H3/t30-,33-/m1/s1. The summed E-state index contributed by atoms with van der Waals surface area (Å²) < 4.78 is 27.4. The third-order valence-electron chi connectivity index (χ3n) is 7.54. The number of fused-ring (bicyclic) bond motifs is 1. The fraction of sp³-hybridized carbons (Fsp3) is 0.364. The van der Waals surface area contributed by atoms with Gasteiger partial charge in [-0.05, 0) is 81.4 Å². The molecule has 214 valence electrons. The van der Waals surface area contributed by atoms with Gasteiger partial charge in [-0.25, -0.2) is 9.37 Å². The number of nitrogens with zero attached hydrogens (tertiary/aromatic N) is 4. The summed E-state index contributed by atoms with van der Waals surface area (Å²) in [6.45, 7) is 4.56. The van der Waals surface area contributed by atoms with E-state index < -0.39 is 17.3 Å². The van der Waals surface area contributed by atoms with Crippen molar-refractivity contribution >= 4 is 10.9 Å². The Labute approximate surface area is 241 Å². The number of hydrogen-bond donors (Lipinski definition) is 1. The molecule has 0 amide bonds. The smallest absolute Gasteiger partial charge is 0.217 e. The average Bonchev–Trinajstić information content (AvgIpc) is 2.99. The summed E-state index contributed by atoms with van der Waals surface area (Å²) in [7, 11) is 6.80. The normalized spacial score (nSPS) is 13.6. The molecule has 0 saturated heterocycles. The largest absolute Gasteiger partial charge is 0.494 e. The minimum atomic E-state index is -1.61. The molecule has 8 heteroatoms. The minimum Gasteiger partial charge on any atom is -0.494 e. The number of nitriles is 1. The fourth-order valence-electron chi connectivity index (χ4n) is 5.32. The predicted octanol–water partition coefficient (Wildman–Crippen LogP) is 5.75. The van der Waals surface area contributed by atoms with E-state index >= 15 is 4.39 Å². The molecule has 0 fully saturated rings. The van der Waals surface area contributed by atoms with E-state index in [0.717, 1.165) is 11.4 Å². The molecule has 4 aromatic rings. The van der Waals surface area contributed by atoms with Gasteiger partial charge in [-0.1, -0.05) is 26.0 Å². The lowest BCUT2D eigenvalue weighted by Crippen LogP contribution is -2.38. The first-order valence-electron chi connectivity index (χ1n) is 13.8. The summed E-state index contributed by atoms with van der Waals surface area (Å²) in [6, 6.07) is 18.0. The van der Waals surface area contributed by atoms with Crippen LogP contribution in [0.4, 0.5) is 4.39 Å². The lowest BCUT2D eigenvalue weighted by molar-refractivity contribution is 0.00259. The maximum atomic E-state index is 16.2. The van der Waals surface area contributed by atoms with Gasteiger partial charge >= 0.3 is 0 Å². The maximum Gasteiger partial charge on any atom is 0.217 e. The Kier molecular flexibility index (Phi) is 9.21. The van der Waals surface area contributed by atoms with Gasteiger partial charge in [0.2, 0.25) is 5.88 Å². The van der Waals surface area contributed by atoms with Crippen LogP contribution < -0.4 is 9.47 Å². The molecule has 41 heavy (non-hydrogen) atoms. The van der Waals surface area contributed by atoms with Crippen LogP contribution in [0.2, 0.25) is 0 Å². The van der Waals surface area contributed by atoms with Gasteiger partial charge in [0, 0.05) is 34.4 Å². The summed E-state index contributed by atoms with van der Waals surface area (Å²) in [6.07, 6.45) is 1.64. The molecule has 0 spiro atoms. The number of aliphatic hydroxyl groups is 1. The summed E-state index contributed by atoms with van der Waals surface area (Å²) in [5.74, 6) is -1.19. The van der Waals surface area contributed by atoms with Crippen molar-refractivity contribution in [1.29, 1.82) is 5.26 Å². The van der Waals surface area contributed by atoms with Gasteiger partial charge in [-0.2, -0.15) is 5.26 Å². The molecule has 2 atom stereocenters. The molecular formula is C33H37FN4O3. The van der Waals surface area contributed by atoms with Crippen molar-refractivity contribution in [3.8, 4) is 17.7 Å². The Balaban J connectivity index is 2.13. The molecule has 2 heterocycles. The Bertz CT molecular complexity index is 1560. The van der Waals surface area contributed by atoms with E-state index in [-0.39, 0.29) is 23.6 Å². The predicted molar refractivity (Wildman–Crippen MR) is 158 cm³/mol. The Morgan fingerprint density at radius 3 is 2.27 bits per heavy atom. The summed E-state index contributed by atoms with van der Waals surface area (Å²) in [5.41, 5.74) is 2.55. The average molecular weight is 557 g/mol. The SMILES string of the molecule is CCc1cc([C@](O)(CCN(C)C)[C@@H](c2cc3cc(C#N)ccc3nc2OC)c2cccc(OC)c2F)cc(CC)n1. The van der Waals surface area contributed by atoms with E-state index in [0.29, 0.717) is 47.0 Å². The van der Waals surface area contributed by atoms with E-state index in [1.54, 1.807) is 36.4 Å². The van der Waals surface area contributed by atoms with Crippen LogP contribution in [0.5, 0.6) is 11.6 Å². The number of halogens is 1. The van der Waals surface area contributed by atoms with Crippen LogP contribution in [-0.4, -0.2) is 54.8 Å². The van der Waals surface area contributed by atoms with E-state index in [2.05, 4.69) is 6.07 Å². The van der Waals surface area contributed by atoms with Crippen molar-refractivity contribution in [2.45, 2.75) is 44.6 Å². The van der Waals surface area contributed by atoms with Gasteiger partial charge in [0.25, 0.3) is 0 Å². The third kappa shape index (κ3) is 6.02. The summed E-state index contributed by atoms with van der Waals surface area (Å²) in [4.78, 5) is 11.5. The van der Waals surface area contributed by atoms with Gasteiger partial charge in [-0.15, -0.1) is 0 Å². The first-order valence-corrected chi connectivity index (χ1v) is 13.8. The van der Waals surface area contributed by atoms with E-state index in [1.807, 2.05) is 51.0 Å². The molecule has 1 N–H and O–H groups in total. The molecule has 4 rings (SSSR count). The third-order valence-corrected chi connectivity index (χ3v) is 7.54. The molecular weight excluding hydrogens is 519 g/mol. The number of rotatable bonds is 11. The van der Waals surface area contributed by atoms with Crippen molar-refractivity contribution < 1.29 is 19.0 Å². The van der Waals surface area contributed by atoms with Gasteiger partial charge in [0.15, 0.2) is 11.6 Å². The van der Waals surface area contributed by atoms with Crippen molar-refractivity contribution in [2.75, 3.05) is 34.9 Å². The van der Waals surface area contributed by atoms with Crippen LogP contribution >= 0.6 is 0 Å². The number of hydrogen-bond acceptors (Lipinski definition) is 7. The highest BCUT2D eigenvalue weighted by molar-refractivity contribution is 5.82. The lowest BCUT2D eigenvalue weighted by atomic mass is 9.71. The van der Waals surface area contributed by atoms with Gasteiger partial charge in [0.1, 0.15) is 5.60 Å². The molecule has 0 aliphatic rings. The molecule has 0 aliphatic heterocycles. The highest BCUT2D eigenvalue weighted by Gasteiger charge is 2.44. The van der Waals surface area contributed by atoms with Crippen LogP contribution in [0.3, 0.4) is 0 Å². The van der Waals surface area contributed by atoms with Crippen LogP contribution in [0, 0.1) is 17.1 Å². The molecule has 2 aromatic heterocycles. The molecule has 2 aromatic carbocycles. The Morgan fingerprint density at radius 2 is 1.68 bits per heavy atom. The summed E-state index contributed by atoms with van der Waals surface area (Å²) in [5, 5.41) is 23.2. The number of aryl methyl sites for hydroxylation is 2. The molecule has 0 radical (unpaired) electrons. The zero-order chi connectivity index (χ0) is 29.7. The number of benzene rings is 2. The molecule has 0 unspecified atom stereocenters. The van der Waals surface area contributed by atoms with Crippen LogP contribution in [0.1, 0.15) is 59.8 Å². The van der Waals surface area contributed by atoms with Crippen molar-refractivity contribution in [1.82, 2.24) is 14.9 Å². The molecule has 7 nitrogen and oxygen atoms in total. The minimum absolute atomic E-state index is 0.0696. The zero-order valence-electron chi connectivity index (χ0n) is 24.5. The molecule has 0 aliphatic carbocycles. The van der Waals surface area contributed by atoms with E-state index in [4.69, 9.17) is 19.4 Å². The zero-order valence-corrected chi connectivity index (χ0v) is 24.5. The second-order valence-electron chi connectivity index (χ2n) is 10.4. The number of methoxy groups -OCH3 is 2. The fourth-order valence-corrected chi connectivity index (χ4v) is 5.32. The van der Waals surface area contributed by atoms with Gasteiger partial charge in [0.05, 0.1) is 37.3 Å². The van der Waals surface area contributed by atoms with Gasteiger partial charge in [-0.3, -0.25) is 4.98 Å². The second-order valence-corrected chi connectivity index (χ2v) is 10.4. The van der Waals surface area contributed by atoms with Crippen molar-refractivity contribution in [3.63, 3.8) is 0 Å². The first-order chi connectivity index (χ1) is 19.7. The van der Waals surface area contributed by atoms with Gasteiger partial charge < -0.3 is 19.5 Å². The number of ether oxygens (including phenoxy) is 2. The summed E-state index contributed by atoms with van der Waals surface area (Å²) >= 11 is 0. The number of aromatic nitrogens is 2. The molecule has 0 bridgehead atoms. The lowest BCUT2D eigenvalue weighted by Gasteiger charge is -2.39. The monoisotopic (exact) mass is 556 g/mol. The second kappa shape index (κ2) is 12.6.